The quantitative estimate of drug-likeness (QED) is 0.104. The van der Waals surface area contributed by atoms with E-state index in [9.17, 15) is 14.4 Å². The summed E-state index contributed by atoms with van der Waals surface area (Å²) in [4.78, 5) is 51.4. The van der Waals surface area contributed by atoms with Crippen LogP contribution in [-0.2, 0) is 22.7 Å². The van der Waals surface area contributed by atoms with Crippen LogP contribution < -0.4 is 16.4 Å². The van der Waals surface area contributed by atoms with Gasteiger partial charge in [0.25, 0.3) is 5.91 Å². The van der Waals surface area contributed by atoms with Crippen molar-refractivity contribution in [2.24, 2.45) is 15.7 Å². The smallest absolute Gasteiger partial charge is 0.255 e. The molecule has 0 saturated carbocycles. The summed E-state index contributed by atoms with van der Waals surface area (Å²) in [5.74, 6) is 7.82. The van der Waals surface area contributed by atoms with E-state index in [2.05, 4.69) is 54.1 Å². The van der Waals surface area contributed by atoms with E-state index in [0.717, 1.165) is 93.9 Å². The van der Waals surface area contributed by atoms with Crippen molar-refractivity contribution in [3.8, 4) is 16.8 Å². The highest BCUT2D eigenvalue weighted by atomic mass is 35.5. The lowest BCUT2D eigenvalue weighted by Gasteiger charge is -2.33. The lowest BCUT2D eigenvalue weighted by molar-refractivity contribution is -0.121. The lowest BCUT2D eigenvalue weighted by Crippen LogP contribution is -2.40. The zero-order valence-corrected chi connectivity index (χ0v) is 33.8. The molecule has 57 heavy (non-hydrogen) atoms. The molecule has 3 aliphatic rings. The Labute approximate surface area is 341 Å². The monoisotopic (exact) mass is 804 g/mol. The van der Waals surface area contributed by atoms with Crippen molar-refractivity contribution in [1.29, 1.82) is 0 Å². The number of carbonyl (C=O) groups is 3. The first kappa shape index (κ1) is 39.6. The molecule has 2 aromatic carbocycles. The van der Waals surface area contributed by atoms with Gasteiger partial charge >= 0.3 is 0 Å². The molecule has 0 spiro atoms. The molecule has 5 heterocycles. The summed E-state index contributed by atoms with van der Waals surface area (Å²) in [6, 6.07) is 13.0. The summed E-state index contributed by atoms with van der Waals surface area (Å²) in [5, 5.41) is 16.6. The Kier molecular flexibility index (Phi) is 12.3. The van der Waals surface area contributed by atoms with Gasteiger partial charge in [-0.2, -0.15) is 0 Å². The van der Waals surface area contributed by atoms with Gasteiger partial charge in [0, 0.05) is 91.1 Å². The zero-order valence-electron chi connectivity index (χ0n) is 32.2. The van der Waals surface area contributed by atoms with Gasteiger partial charge in [0.15, 0.2) is 5.82 Å². The Bertz CT molecular complexity index is 2330. The molecular formula is C42H45ClN10O3S. The molecule has 4 N–H and O–H groups in total. The van der Waals surface area contributed by atoms with Crippen molar-refractivity contribution in [1.82, 2.24) is 29.9 Å². The molecule has 1 unspecified atom stereocenters. The number of benzene rings is 2. The Balaban J connectivity index is 0.940. The van der Waals surface area contributed by atoms with Gasteiger partial charge in [0.2, 0.25) is 5.91 Å². The SMILES string of the molecule is CNC(=O)CCC(C=O)N1Cc2c(NC3CCN(CCN=CC(C#Cc4sc5c(c4C)C(c4ccc(Cl)cc4)=NCc4nnc(C)n4-5)=CN)CC3)cccc2C1=O. The topological polar surface area (TPSA) is 163 Å². The number of nitrogens with two attached hydrogens (primary N) is 1. The number of likely N-dealkylation sites (tertiary alicyclic amines) is 1. The first-order valence-corrected chi connectivity index (χ1v) is 20.2. The third kappa shape index (κ3) is 8.56. The third-order valence-corrected chi connectivity index (χ3v) is 12.1. The number of aryl methyl sites for hydroxylation is 1. The van der Waals surface area contributed by atoms with Gasteiger partial charge in [0.1, 0.15) is 23.7 Å². The van der Waals surface area contributed by atoms with Crippen LogP contribution in [0.25, 0.3) is 5.00 Å². The molecule has 7 rings (SSSR count). The summed E-state index contributed by atoms with van der Waals surface area (Å²) < 4.78 is 2.07. The summed E-state index contributed by atoms with van der Waals surface area (Å²) in [5.41, 5.74) is 12.9. The second-order valence-electron chi connectivity index (χ2n) is 14.3. The molecule has 1 fully saturated rings. The second-order valence-corrected chi connectivity index (χ2v) is 15.7. The van der Waals surface area contributed by atoms with Crippen LogP contribution >= 0.6 is 22.9 Å². The fraction of sp³-hybridized carbons (Fsp3) is 0.357. The van der Waals surface area contributed by atoms with Crippen LogP contribution in [0.5, 0.6) is 0 Å². The first-order valence-electron chi connectivity index (χ1n) is 19.1. The maximum Gasteiger partial charge on any atom is 0.255 e. The van der Waals surface area contributed by atoms with Gasteiger partial charge in [-0.1, -0.05) is 41.6 Å². The van der Waals surface area contributed by atoms with Gasteiger partial charge in [0.05, 0.1) is 28.7 Å². The third-order valence-electron chi connectivity index (χ3n) is 10.7. The molecule has 0 radical (unpaired) electrons. The Morgan fingerprint density at radius 3 is 2.68 bits per heavy atom. The molecule has 2 aromatic heterocycles. The molecular weight excluding hydrogens is 760 g/mol. The number of hydrogen-bond donors (Lipinski definition) is 3. The highest BCUT2D eigenvalue weighted by Gasteiger charge is 2.35. The van der Waals surface area contributed by atoms with Crippen molar-refractivity contribution in [2.45, 2.75) is 64.7 Å². The van der Waals surface area contributed by atoms with Crippen LogP contribution in [0.2, 0.25) is 5.02 Å². The molecule has 1 atom stereocenters. The molecule has 294 valence electrons. The highest BCUT2D eigenvalue weighted by molar-refractivity contribution is 7.15. The van der Waals surface area contributed by atoms with Crippen LogP contribution in [0.3, 0.4) is 0 Å². The number of carbonyl (C=O) groups excluding carboxylic acids is 3. The minimum Gasteiger partial charge on any atom is -0.404 e. The average molecular weight is 805 g/mol. The zero-order chi connectivity index (χ0) is 40.1. The van der Waals surface area contributed by atoms with Crippen molar-refractivity contribution in [3.05, 3.63) is 104 Å². The number of nitrogens with zero attached hydrogens (tertiary/aromatic N) is 7. The number of aromatic nitrogens is 3. The summed E-state index contributed by atoms with van der Waals surface area (Å²) in [7, 11) is 1.56. The number of hydrogen-bond acceptors (Lipinski definition) is 11. The number of anilines is 1. The standard InChI is InChI=1S/C42H45ClN10O3S/c1-26-36(57-42-39(26)40(29-8-10-30(43)11-9-29)47-23-37-50-49-27(2)53(37)42)13-7-28(21-44)22-46-17-20-51-18-15-31(16-19-51)48-35-6-4-5-33-34(35)24-52(41(33)56)32(25-54)12-14-38(55)45-3/h4-6,8-11,21-22,25,31-32,48H,12,14-20,23-24,44H2,1-3H3,(H,45,55). The fourth-order valence-corrected chi connectivity index (χ4v) is 8.84. The fourth-order valence-electron chi connectivity index (χ4n) is 7.49. The minimum absolute atomic E-state index is 0.156. The van der Waals surface area contributed by atoms with Crippen LogP contribution in [0.1, 0.15) is 74.8 Å². The number of nitrogens with one attached hydrogen (secondary N) is 2. The maximum absolute atomic E-state index is 13.2. The first-order chi connectivity index (χ1) is 27.7. The van der Waals surface area contributed by atoms with E-state index in [-0.39, 0.29) is 30.7 Å². The van der Waals surface area contributed by atoms with Crippen LogP contribution in [0, 0.1) is 25.7 Å². The number of thiophene rings is 1. The molecule has 0 aliphatic carbocycles. The summed E-state index contributed by atoms with van der Waals surface area (Å²) in [6.45, 7) is 8.02. The highest BCUT2D eigenvalue weighted by Crippen LogP contribution is 2.37. The number of aliphatic imine (C=N–C) groups is 2. The van der Waals surface area contributed by atoms with E-state index in [4.69, 9.17) is 22.3 Å². The Morgan fingerprint density at radius 2 is 1.95 bits per heavy atom. The van der Waals surface area contributed by atoms with Crippen molar-refractivity contribution in [2.75, 3.05) is 38.5 Å². The summed E-state index contributed by atoms with van der Waals surface area (Å²) >= 11 is 7.79. The number of amides is 2. The summed E-state index contributed by atoms with van der Waals surface area (Å²) in [6.07, 6.45) is 6.35. The van der Waals surface area contributed by atoms with Crippen molar-refractivity contribution < 1.29 is 14.4 Å². The van der Waals surface area contributed by atoms with Crippen molar-refractivity contribution >= 4 is 58.7 Å². The molecule has 3 aliphatic heterocycles. The van der Waals surface area contributed by atoms with Crippen LogP contribution in [0.4, 0.5) is 5.69 Å². The number of halogens is 1. The molecule has 2 amide bonds. The number of rotatable bonds is 12. The van der Waals surface area contributed by atoms with E-state index in [1.165, 1.54) is 6.20 Å². The Hall–Kier alpha value is -5.62. The molecule has 0 bridgehead atoms. The van der Waals surface area contributed by atoms with Gasteiger partial charge in [-0.05, 0) is 62.9 Å². The lowest BCUT2D eigenvalue weighted by atomic mass is 10.00. The van der Waals surface area contributed by atoms with Gasteiger partial charge in [-0.25, -0.2) is 0 Å². The van der Waals surface area contributed by atoms with E-state index in [1.807, 2.05) is 49.4 Å². The number of piperidine rings is 1. The van der Waals surface area contributed by atoms with Crippen LogP contribution in [0.15, 0.2) is 64.2 Å². The molecule has 13 nitrogen and oxygen atoms in total. The van der Waals surface area contributed by atoms with E-state index >= 15 is 0 Å². The number of allylic oxidation sites excluding steroid dienone is 1. The predicted molar refractivity (Wildman–Crippen MR) is 225 cm³/mol. The normalized spacial score (nSPS) is 16.3. The average Bonchev–Trinajstić information content (AvgIpc) is 3.83. The molecule has 15 heteroatoms. The van der Waals surface area contributed by atoms with Crippen LogP contribution in [-0.4, -0.2) is 99.9 Å². The number of aldehydes is 1. The predicted octanol–water partition coefficient (Wildman–Crippen LogP) is 4.84. The Morgan fingerprint density at radius 1 is 1.16 bits per heavy atom. The largest absolute Gasteiger partial charge is 0.404 e. The maximum atomic E-state index is 13.2. The van der Waals surface area contributed by atoms with Crippen molar-refractivity contribution in [3.63, 3.8) is 0 Å². The van der Waals surface area contributed by atoms with Gasteiger partial charge in [-0.3, -0.25) is 24.1 Å². The molecule has 1 saturated heterocycles. The van der Waals surface area contributed by atoms with E-state index < -0.39 is 6.04 Å². The number of fused-ring (bicyclic) bond motifs is 4. The molecule has 4 aromatic rings. The van der Waals surface area contributed by atoms with E-state index in [0.29, 0.717) is 35.8 Å². The van der Waals surface area contributed by atoms with Gasteiger partial charge in [-0.15, -0.1) is 21.5 Å². The van der Waals surface area contributed by atoms with E-state index in [1.54, 1.807) is 29.5 Å². The second kappa shape index (κ2) is 17.7. The minimum atomic E-state index is -0.649. The van der Waals surface area contributed by atoms with Gasteiger partial charge < -0.3 is 31.0 Å².